The molecule has 0 saturated carbocycles. The summed E-state index contributed by atoms with van der Waals surface area (Å²) in [7, 11) is -0.846. The van der Waals surface area contributed by atoms with E-state index in [1.807, 2.05) is 13.0 Å². The van der Waals surface area contributed by atoms with E-state index < -0.39 is 9.07 Å². The maximum absolute atomic E-state index is 5.43. The fourth-order valence-corrected chi connectivity index (χ4v) is 1.26. The minimum Gasteiger partial charge on any atom is -0.383 e. The van der Waals surface area contributed by atoms with E-state index in [2.05, 4.69) is 6.58 Å². The van der Waals surface area contributed by atoms with Gasteiger partial charge in [0.25, 0.3) is 9.07 Å². The Labute approximate surface area is 68.8 Å². The minimum atomic E-state index is -0.846. The lowest BCUT2D eigenvalue weighted by atomic mass is 10.5. The maximum Gasteiger partial charge on any atom is 0.261 e. The predicted octanol–water partition coefficient (Wildman–Crippen LogP) is 1.18. The van der Waals surface area contributed by atoms with Crippen LogP contribution < -0.4 is 0 Å². The lowest BCUT2D eigenvalue weighted by Crippen LogP contribution is -2.13. The smallest absolute Gasteiger partial charge is 0.261 e. The van der Waals surface area contributed by atoms with Crippen LogP contribution in [-0.2, 0) is 9.16 Å². The molecule has 0 amide bonds. The zero-order chi connectivity index (χ0) is 7.82. The van der Waals surface area contributed by atoms with Crippen LogP contribution in [0.15, 0.2) is 12.7 Å². The van der Waals surface area contributed by atoms with E-state index in [9.17, 15) is 0 Å². The molecule has 60 valence electrons. The third-order valence-corrected chi connectivity index (χ3v) is 1.95. The van der Waals surface area contributed by atoms with Gasteiger partial charge in [0.1, 0.15) is 6.29 Å². The Hall–Kier alpha value is 0.167. The molecule has 0 aliphatic rings. The Kier molecular flexibility index (Phi) is 7.40. The molecule has 2 nitrogen and oxygen atoms in total. The van der Waals surface area contributed by atoms with Crippen molar-refractivity contribution in [2.75, 3.05) is 6.61 Å². The predicted molar refractivity (Wildman–Crippen MR) is 45.7 cm³/mol. The quantitative estimate of drug-likeness (QED) is 0.201. The minimum absolute atomic E-state index is 0.149. The van der Waals surface area contributed by atoms with Crippen molar-refractivity contribution < 1.29 is 9.16 Å². The van der Waals surface area contributed by atoms with E-state index in [0.717, 1.165) is 6.42 Å². The summed E-state index contributed by atoms with van der Waals surface area (Å²) in [5, 5.41) is 0. The molecule has 0 heterocycles. The molecule has 0 aliphatic carbocycles. The first-order valence-electron chi connectivity index (χ1n) is 3.21. The van der Waals surface area contributed by atoms with E-state index in [4.69, 9.17) is 20.2 Å². The summed E-state index contributed by atoms with van der Waals surface area (Å²) in [6, 6.07) is 0. The number of hydrogen-bond donors (Lipinski definition) is 0. The molecule has 0 saturated heterocycles. The largest absolute Gasteiger partial charge is 0.383 e. The first-order valence-corrected chi connectivity index (χ1v) is 5.93. The summed E-state index contributed by atoms with van der Waals surface area (Å²) < 4.78 is 10.2. The maximum atomic E-state index is 5.43. The van der Waals surface area contributed by atoms with Crippen molar-refractivity contribution in [3.8, 4) is 0 Å². The molecule has 0 N–H and O–H groups in total. The van der Waals surface area contributed by atoms with E-state index in [-0.39, 0.29) is 6.29 Å². The van der Waals surface area contributed by atoms with Gasteiger partial charge in [-0.1, -0.05) is 6.08 Å². The van der Waals surface area contributed by atoms with Crippen LogP contribution in [0, 0.1) is 0 Å². The molecular weight excluding hydrogens is 168 g/mol. The van der Waals surface area contributed by atoms with Crippen LogP contribution in [0.3, 0.4) is 0 Å². The second kappa shape index (κ2) is 7.28. The number of halogens is 1. The first-order chi connectivity index (χ1) is 4.81. The molecular formula is C6H13ClO2Si. The summed E-state index contributed by atoms with van der Waals surface area (Å²) in [5.41, 5.74) is 0. The standard InChI is InChI=1S/C6H13ClO2Si/c1-3-4-5-8-6(2)9-10-7/h3,6H,1,4-5,10H2,2H3. The third-order valence-electron chi connectivity index (χ3n) is 0.972. The van der Waals surface area contributed by atoms with Gasteiger partial charge in [-0.05, 0) is 13.3 Å². The summed E-state index contributed by atoms with van der Waals surface area (Å²) in [4.78, 5) is 0. The Morgan fingerprint density at radius 2 is 2.50 bits per heavy atom. The van der Waals surface area contributed by atoms with Crippen LogP contribution in [0.2, 0.25) is 0 Å². The molecule has 10 heavy (non-hydrogen) atoms. The molecule has 0 aromatic heterocycles. The molecule has 0 radical (unpaired) electrons. The van der Waals surface area contributed by atoms with Crippen molar-refractivity contribution in [1.82, 2.24) is 0 Å². The molecule has 0 rings (SSSR count). The summed E-state index contributed by atoms with van der Waals surface area (Å²) in [5.74, 6) is 0. The van der Waals surface area contributed by atoms with Gasteiger partial charge in [-0.2, -0.15) is 0 Å². The topological polar surface area (TPSA) is 18.5 Å². The SMILES string of the molecule is C=CCCOC(C)O[SiH2]Cl. The third kappa shape index (κ3) is 6.29. The van der Waals surface area contributed by atoms with Gasteiger partial charge in [0, 0.05) is 0 Å². The molecule has 0 aromatic rings. The number of rotatable bonds is 6. The van der Waals surface area contributed by atoms with Crippen LogP contribution in [0.4, 0.5) is 0 Å². The van der Waals surface area contributed by atoms with Gasteiger partial charge in [-0.25, -0.2) is 0 Å². The van der Waals surface area contributed by atoms with Gasteiger partial charge in [-0.15, -0.1) is 17.7 Å². The summed E-state index contributed by atoms with van der Waals surface area (Å²) in [6.07, 6.45) is 2.52. The van der Waals surface area contributed by atoms with Crippen molar-refractivity contribution in [3.63, 3.8) is 0 Å². The van der Waals surface area contributed by atoms with Crippen molar-refractivity contribution >= 4 is 20.2 Å². The number of ether oxygens (including phenoxy) is 1. The highest BCUT2D eigenvalue weighted by molar-refractivity contribution is 6.89. The van der Waals surface area contributed by atoms with Crippen molar-refractivity contribution in [2.24, 2.45) is 0 Å². The van der Waals surface area contributed by atoms with Gasteiger partial charge in [0.05, 0.1) is 6.61 Å². The van der Waals surface area contributed by atoms with Crippen LogP contribution in [0.25, 0.3) is 0 Å². The lowest BCUT2D eigenvalue weighted by molar-refractivity contribution is -0.0621. The Balaban J connectivity index is 3.04. The second-order valence-corrected chi connectivity index (χ2v) is 3.00. The van der Waals surface area contributed by atoms with Crippen LogP contribution in [0.1, 0.15) is 13.3 Å². The van der Waals surface area contributed by atoms with Gasteiger partial charge in [0.15, 0.2) is 0 Å². The zero-order valence-corrected chi connectivity index (χ0v) is 8.35. The first kappa shape index (κ1) is 10.2. The van der Waals surface area contributed by atoms with Crippen LogP contribution in [-0.4, -0.2) is 22.0 Å². The molecule has 0 aliphatic heterocycles. The highest BCUT2D eigenvalue weighted by Gasteiger charge is 1.97. The fourth-order valence-electron chi connectivity index (χ4n) is 0.454. The Bertz CT molecular complexity index is 89.8. The molecule has 0 spiro atoms. The van der Waals surface area contributed by atoms with Gasteiger partial charge in [0.2, 0.25) is 0 Å². The van der Waals surface area contributed by atoms with Crippen molar-refractivity contribution in [3.05, 3.63) is 12.7 Å². The van der Waals surface area contributed by atoms with Gasteiger partial charge in [-0.3, -0.25) is 0 Å². The molecule has 0 fully saturated rings. The summed E-state index contributed by atoms with van der Waals surface area (Å²) in [6.45, 7) is 6.07. The average Bonchev–Trinajstić information content (AvgIpc) is 1.89. The number of hydrogen-bond acceptors (Lipinski definition) is 2. The van der Waals surface area contributed by atoms with Crippen molar-refractivity contribution in [1.29, 1.82) is 0 Å². The Morgan fingerprint density at radius 3 is 3.00 bits per heavy atom. The Morgan fingerprint density at radius 1 is 1.80 bits per heavy atom. The van der Waals surface area contributed by atoms with E-state index in [1.54, 1.807) is 0 Å². The highest BCUT2D eigenvalue weighted by atomic mass is 35.6. The zero-order valence-electron chi connectivity index (χ0n) is 6.18. The molecule has 1 atom stereocenters. The second-order valence-electron chi connectivity index (χ2n) is 1.79. The molecule has 0 aromatic carbocycles. The van der Waals surface area contributed by atoms with Crippen molar-refractivity contribution in [2.45, 2.75) is 19.6 Å². The summed E-state index contributed by atoms with van der Waals surface area (Å²) >= 11 is 5.43. The van der Waals surface area contributed by atoms with E-state index in [1.165, 1.54) is 0 Å². The molecule has 1 unspecified atom stereocenters. The van der Waals surface area contributed by atoms with Crippen LogP contribution >= 0.6 is 11.1 Å². The monoisotopic (exact) mass is 180 g/mol. The van der Waals surface area contributed by atoms with Gasteiger partial charge < -0.3 is 9.16 Å². The van der Waals surface area contributed by atoms with Gasteiger partial charge >= 0.3 is 0 Å². The van der Waals surface area contributed by atoms with E-state index >= 15 is 0 Å². The lowest BCUT2D eigenvalue weighted by Gasteiger charge is -2.10. The molecule has 0 bridgehead atoms. The van der Waals surface area contributed by atoms with Crippen LogP contribution in [0.5, 0.6) is 0 Å². The van der Waals surface area contributed by atoms with E-state index in [0.29, 0.717) is 6.61 Å². The normalized spacial score (nSPS) is 14.2. The fraction of sp³-hybridized carbons (Fsp3) is 0.667. The average molecular weight is 181 g/mol. The molecule has 4 heteroatoms. The highest BCUT2D eigenvalue weighted by Crippen LogP contribution is 1.94.